The first kappa shape index (κ1) is 12.3. The number of fused-ring (bicyclic) bond motifs is 1. The second-order valence-corrected chi connectivity index (χ2v) is 4.76. The van der Waals surface area contributed by atoms with Crippen LogP contribution in [-0.4, -0.2) is 12.4 Å². The van der Waals surface area contributed by atoms with E-state index in [0.29, 0.717) is 0 Å². The summed E-state index contributed by atoms with van der Waals surface area (Å²) in [6, 6.07) is 8.42. The molecule has 1 aromatic rings. The van der Waals surface area contributed by atoms with Crippen LogP contribution >= 0.6 is 0 Å². The average Bonchev–Trinajstić information content (AvgIpc) is 2.35. The molecule has 92 valence electrons. The minimum Gasteiger partial charge on any atom is -0.373 e. The normalized spacial score (nSPS) is 20.7. The van der Waals surface area contributed by atoms with E-state index >= 15 is 0 Å². The van der Waals surface area contributed by atoms with Gasteiger partial charge in [-0.15, -0.1) is 0 Å². The summed E-state index contributed by atoms with van der Waals surface area (Å²) >= 11 is 0. The zero-order valence-corrected chi connectivity index (χ0v) is 10.6. The Bertz CT molecular complexity index is 398. The van der Waals surface area contributed by atoms with Gasteiger partial charge in [0.25, 0.3) is 0 Å². The number of carbonyl (C=O) groups is 1. The summed E-state index contributed by atoms with van der Waals surface area (Å²) in [5, 5.41) is 0. The van der Waals surface area contributed by atoms with Gasteiger partial charge in [-0.25, -0.2) is 0 Å². The summed E-state index contributed by atoms with van der Waals surface area (Å²) in [6.07, 6.45) is 2.82. The molecule has 1 aliphatic heterocycles. The Morgan fingerprint density at radius 1 is 1.47 bits per heavy atom. The molecule has 0 bridgehead atoms. The van der Waals surface area contributed by atoms with Gasteiger partial charge in [0.05, 0.1) is 12.7 Å². The molecule has 0 amide bonds. The smallest absolute Gasteiger partial charge is 0.133 e. The number of carbonyl (C=O) groups excluding carboxylic acids is 1. The Hall–Kier alpha value is -1.15. The molecule has 0 radical (unpaired) electrons. The van der Waals surface area contributed by atoms with Gasteiger partial charge in [0, 0.05) is 5.92 Å². The summed E-state index contributed by atoms with van der Waals surface area (Å²) in [5.41, 5.74) is 2.65. The topological polar surface area (TPSA) is 26.3 Å². The molecule has 0 aromatic heterocycles. The molecule has 2 heteroatoms. The maximum atomic E-state index is 11.5. The summed E-state index contributed by atoms with van der Waals surface area (Å²) in [5.74, 6) is 0.408. The van der Waals surface area contributed by atoms with Crippen molar-refractivity contribution < 1.29 is 9.53 Å². The number of Topliss-reactive ketones (excluding diaryl/α,β-unsaturated/α-hetero) is 1. The number of hydrogen-bond acceptors (Lipinski definition) is 2. The van der Waals surface area contributed by atoms with Crippen LogP contribution in [0.15, 0.2) is 24.3 Å². The summed E-state index contributed by atoms with van der Waals surface area (Å²) < 4.78 is 5.83. The van der Waals surface area contributed by atoms with E-state index in [4.69, 9.17) is 4.74 Å². The van der Waals surface area contributed by atoms with Gasteiger partial charge in [0.15, 0.2) is 0 Å². The van der Waals surface area contributed by atoms with Crippen molar-refractivity contribution in [3.63, 3.8) is 0 Å². The van der Waals surface area contributed by atoms with Gasteiger partial charge in [-0.05, 0) is 37.3 Å². The minimum atomic E-state index is 0.105. The van der Waals surface area contributed by atoms with Crippen LogP contribution in [0.25, 0.3) is 0 Å². The van der Waals surface area contributed by atoms with Crippen LogP contribution in [0.2, 0.25) is 0 Å². The third-order valence-electron chi connectivity index (χ3n) is 3.66. The number of ketones is 1. The second-order valence-electron chi connectivity index (χ2n) is 4.76. The van der Waals surface area contributed by atoms with E-state index in [9.17, 15) is 4.79 Å². The zero-order valence-electron chi connectivity index (χ0n) is 10.6. The predicted octanol–water partition coefficient (Wildman–Crippen LogP) is 3.31. The molecule has 0 saturated heterocycles. The number of rotatable bonds is 4. The molecule has 0 saturated carbocycles. The highest BCUT2D eigenvalue weighted by molar-refractivity contribution is 5.78. The molecule has 2 nitrogen and oxygen atoms in total. The Morgan fingerprint density at radius 2 is 2.24 bits per heavy atom. The first-order chi connectivity index (χ1) is 8.22. The third-order valence-corrected chi connectivity index (χ3v) is 3.66. The van der Waals surface area contributed by atoms with Crippen LogP contribution in [0.5, 0.6) is 0 Å². The van der Waals surface area contributed by atoms with Crippen molar-refractivity contribution in [1.29, 1.82) is 0 Å². The van der Waals surface area contributed by atoms with Crippen molar-refractivity contribution in [1.82, 2.24) is 0 Å². The van der Waals surface area contributed by atoms with E-state index in [2.05, 4.69) is 31.2 Å². The highest BCUT2D eigenvalue weighted by Gasteiger charge is 2.25. The summed E-state index contributed by atoms with van der Waals surface area (Å²) in [7, 11) is 0. The zero-order chi connectivity index (χ0) is 12.3. The number of ether oxygens (including phenoxy) is 1. The number of benzene rings is 1. The lowest BCUT2D eigenvalue weighted by atomic mass is 9.88. The minimum absolute atomic E-state index is 0.105. The van der Waals surface area contributed by atoms with Gasteiger partial charge in [0.1, 0.15) is 5.78 Å². The summed E-state index contributed by atoms with van der Waals surface area (Å²) in [4.78, 5) is 11.5. The van der Waals surface area contributed by atoms with Crippen molar-refractivity contribution >= 4 is 5.78 Å². The lowest BCUT2D eigenvalue weighted by molar-refractivity contribution is -0.122. The van der Waals surface area contributed by atoms with Crippen LogP contribution in [0.3, 0.4) is 0 Å². The van der Waals surface area contributed by atoms with E-state index in [-0.39, 0.29) is 17.8 Å². The van der Waals surface area contributed by atoms with Gasteiger partial charge < -0.3 is 4.74 Å². The van der Waals surface area contributed by atoms with Crippen molar-refractivity contribution in [3.05, 3.63) is 35.4 Å². The third kappa shape index (κ3) is 2.75. The van der Waals surface area contributed by atoms with Crippen molar-refractivity contribution in [3.8, 4) is 0 Å². The van der Waals surface area contributed by atoms with Gasteiger partial charge >= 0.3 is 0 Å². The van der Waals surface area contributed by atoms with Crippen LogP contribution in [0.1, 0.15) is 43.9 Å². The van der Waals surface area contributed by atoms with Crippen LogP contribution in [0, 0.1) is 5.92 Å². The Labute approximate surface area is 103 Å². The summed E-state index contributed by atoms with van der Waals surface area (Å²) in [6.45, 7) is 4.53. The number of hydrogen-bond donors (Lipinski definition) is 0. The molecule has 0 spiro atoms. The maximum Gasteiger partial charge on any atom is 0.133 e. The highest BCUT2D eigenvalue weighted by atomic mass is 16.5. The van der Waals surface area contributed by atoms with Crippen molar-refractivity contribution in [2.75, 3.05) is 6.61 Å². The monoisotopic (exact) mass is 232 g/mol. The Morgan fingerprint density at radius 3 is 2.94 bits per heavy atom. The fourth-order valence-corrected chi connectivity index (χ4v) is 2.55. The molecule has 0 aliphatic carbocycles. The fourth-order valence-electron chi connectivity index (χ4n) is 2.55. The van der Waals surface area contributed by atoms with Crippen molar-refractivity contribution in [2.45, 2.75) is 39.2 Å². The first-order valence-corrected chi connectivity index (χ1v) is 6.42. The fraction of sp³-hybridized carbons (Fsp3) is 0.533. The average molecular weight is 232 g/mol. The van der Waals surface area contributed by atoms with Crippen LogP contribution in [-0.2, 0) is 16.0 Å². The Balaban J connectivity index is 2.15. The van der Waals surface area contributed by atoms with Gasteiger partial charge in [0.2, 0.25) is 0 Å². The molecule has 0 N–H and O–H groups in total. The largest absolute Gasteiger partial charge is 0.373 e. The van der Waals surface area contributed by atoms with E-state index in [1.807, 2.05) is 0 Å². The highest BCUT2D eigenvalue weighted by Crippen LogP contribution is 2.32. The molecule has 2 unspecified atom stereocenters. The Kier molecular flexibility index (Phi) is 3.95. The van der Waals surface area contributed by atoms with Crippen LogP contribution in [0.4, 0.5) is 0 Å². The lowest BCUT2D eigenvalue weighted by Gasteiger charge is -2.28. The van der Waals surface area contributed by atoms with Gasteiger partial charge in [-0.1, -0.05) is 31.2 Å². The first-order valence-electron chi connectivity index (χ1n) is 6.42. The standard InChI is InChI=1S/C15H20O2/c1-3-12(11(2)16)10-15-14-7-5-4-6-13(14)8-9-17-15/h4-7,12,15H,3,8-10H2,1-2H3. The molecule has 1 aromatic carbocycles. The molecule has 17 heavy (non-hydrogen) atoms. The molecule has 1 heterocycles. The predicted molar refractivity (Wildman–Crippen MR) is 67.9 cm³/mol. The quantitative estimate of drug-likeness (QED) is 0.796. The molecular weight excluding hydrogens is 212 g/mol. The van der Waals surface area contributed by atoms with Crippen LogP contribution < -0.4 is 0 Å². The SMILES string of the molecule is CCC(CC1OCCc2ccccc21)C(C)=O. The van der Waals surface area contributed by atoms with Gasteiger partial charge in [-0.3, -0.25) is 4.79 Å². The second kappa shape index (κ2) is 5.46. The lowest BCUT2D eigenvalue weighted by Crippen LogP contribution is -2.21. The van der Waals surface area contributed by atoms with E-state index < -0.39 is 0 Å². The van der Waals surface area contributed by atoms with E-state index in [0.717, 1.165) is 25.9 Å². The molecule has 2 rings (SSSR count). The van der Waals surface area contributed by atoms with E-state index in [1.165, 1.54) is 11.1 Å². The van der Waals surface area contributed by atoms with E-state index in [1.54, 1.807) is 6.92 Å². The van der Waals surface area contributed by atoms with Crippen molar-refractivity contribution in [2.24, 2.45) is 5.92 Å². The molecule has 2 atom stereocenters. The molecule has 1 aliphatic rings. The maximum absolute atomic E-state index is 11.5. The molecular formula is C15H20O2. The van der Waals surface area contributed by atoms with Gasteiger partial charge in [-0.2, -0.15) is 0 Å². The molecule has 0 fully saturated rings.